The number of aromatic hydroxyl groups is 1. The highest BCUT2D eigenvalue weighted by molar-refractivity contribution is 5.47. The number of hydrogen-bond donors (Lipinski definition) is 5. The molecule has 0 radical (unpaired) electrons. The third-order valence-corrected chi connectivity index (χ3v) is 4.50. The number of nitrogens with one attached hydrogen (secondary N) is 1. The molecule has 6 N–H and O–H groups in total. The lowest BCUT2D eigenvalue weighted by atomic mass is 9.92. The Kier molecular flexibility index (Phi) is 6.02. The van der Waals surface area contributed by atoms with E-state index < -0.39 is 0 Å². The van der Waals surface area contributed by atoms with E-state index in [9.17, 15) is 10.2 Å². The second-order valence-electron chi connectivity index (χ2n) is 6.00. The second-order valence-corrected chi connectivity index (χ2v) is 6.00. The van der Waals surface area contributed by atoms with Crippen molar-refractivity contribution in [3.05, 3.63) is 23.3 Å². The molecule has 1 aromatic rings. The number of quaternary nitrogens is 2. The van der Waals surface area contributed by atoms with E-state index in [0.29, 0.717) is 25.4 Å². The van der Waals surface area contributed by atoms with E-state index in [1.165, 1.54) is 10.5 Å². The molecular formula is C16H28N2O4+2. The summed E-state index contributed by atoms with van der Waals surface area (Å²) in [6, 6.07) is 3.97. The first kappa shape index (κ1) is 17.0. The average Bonchev–Trinajstić information content (AvgIpc) is 2.50. The molecule has 6 heteroatoms. The lowest BCUT2D eigenvalue weighted by Crippen LogP contribution is -3.14. The van der Waals surface area contributed by atoms with Crippen LogP contribution >= 0.6 is 0 Å². The van der Waals surface area contributed by atoms with Crippen LogP contribution in [0.2, 0.25) is 0 Å². The van der Waals surface area contributed by atoms with Crippen LogP contribution in [0.1, 0.15) is 24.1 Å². The zero-order valence-electron chi connectivity index (χ0n) is 13.4. The summed E-state index contributed by atoms with van der Waals surface area (Å²) in [7, 11) is 1.56. The molecule has 0 bridgehead atoms. The molecule has 1 unspecified atom stereocenters. The number of rotatable bonds is 7. The minimum Gasteiger partial charge on any atom is -0.504 e. The lowest BCUT2D eigenvalue weighted by Gasteiger charge is -2.33. The van der Waals surface area contributed by atoms with Gasteiger partial charge in [-0.25, -0.2) is 0 Å². The normalized spacial score (nSPS) is 22.2. The summed E-state index contributed by atoms with van der Waals surface area (Å²) in [6.45, 7) is 5.15. The van der Waals surface area contributed by atoms with Crippen LogP contribution in [0, 0.1) is 0 Å². The van der Waals surface area contributed by atoms with Gasteiger partial charge < -0.3 is 30.3 Å². The van der Waals surface area contributed by atoms with E-state index >= 15 is 0 Å². The standard InChI is InChI=1S/C16H26N2O4/c1-11-14-8-16(22-2)15(21)7-12(14)3-5-18(11)10-13(20)9-17-4-6-19/h7-8,11,13,17,19-21H,3-6,9-10H2,1-2H3/p+2/t11-,13+/m0/s1. The molecule has 6 nitrogen and oxygen atoms in total. The fraction of sp³-hybridized carbons (Fsp3) is 0.625. The molecule has 0 aliphatic carbocycles. The van der Waals surface area contributed by atoms with Crippen LogP contribution in [0.25, 0.3) is 0 Å². The topological polar surface area (TPSA) is 91.0 Å². The van der Waals surface area contributed by atoms with Crippen molar-refractivity contribution in [1.82, 2.24) is 0 Å². The molecule has 1 heterocycles. The molecule has 1 aliphatic rings. The van der Waals surface area contributed by atoms with E-state index in [4.69, 9.17) is 9.84 Å². The molecule has 1 aliphatic heterocycles. The monoisotopic (exact) mass is 312 g/mol. The summed E-state index contributed by atoms with van der Waals surface area (Å²) in [5, 5.41) is 30.7. The summed E-state index contributed by atoms with van der Waals surface area (Å²) in [5.74, 6) is 0.694. The molecule has 0 fully saturated rings. The molecular weight excluding hydrogens is 284 g/mol. The molecule has 124 valence electrons. The third kappa shape index (κ3) is 3.89. The lowest BCUT2D eigenvalue weighted by molar-refractivity contribution is -0.936. The second kappa shape index (κ2) is 7.78. The highest BCUT2D eigenvalue weighted by Gasteiger charge is 2.30. The first-order chi connectivity index (χ1) is 10.6. The minimum atomic E-state index is -0.385. The summed E-state index contributed by atoms with van der Waals surface area (Å²) in [6.07, 6.45) is 0.504. The van der Waals surface area contributed by atoms with Crippen molar-refractivity contribution in [3.63, 3.8) is 0 Å². The SMILES string of the molecule is COc1cc2c(cc1O)CC[NH+](C[C@H](O)C[NH2+]CCO)[C@H]2C. The number of methoxy groups -OCH3 is 1. The van der Waals surface area contributed by atoms with Crippen molar-refractivity contribution >= 4 is 0 Å². The molecule has 0 spiro atoms. The van der Waals surface area contributed by atoms with Crippen LogP contribution < -0.4 is 15.0 Å². The van der Waals surface area contributed by atoms with Gasteiger partial charge in [-0.15, -0.1) is 0 Å². The summed E-state index contributed by atoms with van der Waals surface area (Å²) < 4.78 is 5.20. The Hall–Kier alpha value is -1.34. The van der Waals surface area contributed by atoms with Crippen LogP contribution in [0.3, 0.4) is 0 Å². The van der Waals surface area contributed by atoms with Crippen molar-refractivity contribution in [3.8, 4) is 11.5 Å². The number of nitrogens with two attached hydrogens (primary N) is 1. The third-order valence-electron chi connectivity index (χ3n) is 4.50. The van der Waals surface area contributed by atoms with Gasteiger partial charge in [-0.2, -0.15) is 0 Å². The highest BCUT2D eigenvalue weighted by atomic mass is 16.5. The Morgan fingerprint density at radius 2 is 2.23 bits per heavy atom. The van der Waals surface area contributed by atoms with Crippen LogP contribution in [0.4, 0.5) is 0 Å². The summed E-state index contributed by atoms with van der Waals surface area (Å²) in [5.41, 5.74) is 2.35. The van der Waals surface area contributed by atoms with Crippen LogP contribution in [-0.2, 0) is 6.42 Å². The molecule has 2 rings (SSSR count). The maximum Gasteiger partial charge on any atom is 0.161 e. The van der Waals surface area contributed by atoms with Crippen molar-refractivity contribution in [2.45, 2.75) is 25.5 Å². The van der Waals surface area contributed by atoms with Gasteiger partial charge >= 0.3 is 0 Å². The highest BCUT2D eigenvalue weighted by Crippen LogP contribution is 2.32. The smallest absolute Gasteiger partial charge is 0.161 e. The van der Waals surface area contributed by atoms with Crippen molar-refractivity contribution in [2.75, 3.05) is 39.9 Å². The zero-order valence-corrected chi connectivity index (χ0v) is 13.4. The number of fused-ring (bicyclic) bond motifs is 1. The predicted octanol–water partition coefficient (Wildman–Crippen LogP) is -2.18. The number of hydrogen-bond acceptors (Lipinski definition) is 4. The molecule has 1 aromatic carbocycles. The Balaban J connectivity index is 2.03. The Bertz CT molecular complexity index is 495. The number of ether oxygens (including phenoxy) is 1. The number of aliphatic hydroxyl groups excluding tert-OH is 2. The van der Waals surface area contributed by atoms with E-state index in [2.05, 4.69) is 6.92 Å². The van der Waals surface area contributed by atoms with Gasteiger partial charge in [-0.1, -0.05) is 0 Å². The molecule has 0 aromatic heterocycles. The van der Waals surface area contributed by atoms with Crippen molar-refractivity contribution in [1.29, 1.82) is 0 Å². The number of aliphatic hydroxyl groups is 2. The zero-order chi connectivity index (χ0) is 16.1. The van der Waals surface area contributed by atoms with Gasteiger partial charge in [0.15, 0.2) is 17.6 Å². The Labute approximate surface area is 131 Å². The number of phenols is 1. The molecule has 3 atom stereocenters. The van der Waals surface area contributed by atoms with Crippen LogP contribution in [0.15, 0.2) is 12.1 Å². The Morgan fingerprint density at radius 1 is 1.45 bits per heavy atom. The predicted molar refractivity (Wildman–Crippen MR) is 82.2 cm³/mol. The first-order valence-corrected chi connectivity index (χ1v) is 7.91. The van der Waals surface area contributed by atoms with Gasteiger partial charge in [0, 0.05) is 12.0 Å². The van der Waals surface area contributed by atoms with E-state index in [0.717, 1.165) is 18.5 Å². The van der Waals surface area contributed by atoms with E-state index in [-0.39, 0.29) is 24.5 Å². The van der Waals surface area contributed by atoms with Crippen molar-refractivity contribution in [2.24, 2.45) is 0 Å². The molecule has 22 heavy (non-hydrogen) atoms. The van der Waals surface area contributed by atoms with E-state index in [1.807, 2.05) is 11.4 Å². The summed E-state index contributed by atoms with van der Waals surface area (Å²) >= 11 is 0. The maximum atomic E-state index is 10.1. The fourth-order valence-corrected chi connectivity index (χ4v) is 3.21. The van der Waals surface area contributed by atoms with Gasteiger partial charge in [0.2, 0.25) is 0 Å². The van der Waals surface area contributed by atoms with Gasteiger partial charge in [0.1, 0.15) is 19.1 Å². The molecule has 0 amide bonds. The van der Waals surface area contributed by atoms with E-state index in [1.54, 1.807) is 13.2 Å². The van der Waals surface area contributed by atoms with Crippen LogP contribution in [0.5, 0.6) is 11.5 Å². The minimum absolute atomic E-state index is 0.135. The van der Waals surface area contributed by atoms with Gasteiger partial charge in [0.05, 0.1) is 26.8 Å². The molecule has 0 saturated heterocycles. The number of benzene rings is 1. The molecule has 0 saturated carbocycles. The Morgan fingerprint density at radius 3 is 2.91 bits per heavy atom. The van der Waals surface area contributed by atoms with Gasteiger partial charge in [0.25, 0.3) is 0 Å². The first-order valence-electron chi connectivity index (χ1n) is 7.91. The quantitative estimate of drug-likeness (QED) is 0.370. The van der Waals surface area contributed by atoms with Gasteiger partial charge in [-0.05, 0) is 24.6 Å². The van der Waals surface area contributed by atoms with Crippen molar-refractivity contribution < 1.29 is 30.3 Å². The van der Waals surface area contributed by atoms with Crippen LogP contribution in [-0.4, -0.2) is 61.3 Å². The fourth-order valence-electron chi connectivity index (χ4n) is 3.21. The van der Waals surface area contributed by atoms with Gasteiger partial charge in [-0.3, -0.25) is 0 Å². The summed E-state index contributed by atoms with van der Waals surface area (Å²) in [4.78, 5) is 1.34. The number of phenolic OH excluding ortho intramolecular Hbond substituents is 1. The average molecular weight is 312 g/mol. The maximum absolute atomic E-state index is 10.1. The largest absolute Gasteiger partial charge is 0.504 e.